The summed E-state index contributed by atoms with van der Waals surface area (Å²) in [6, 6.07) is 8.22. The molecule has 0 fully saturated rings. The van der Waals surface area contributed by atoms with Crippen LogP contribution in [0.1, 0.15) is 12.5 Å². The molecular formula is C16H21N5. The largest absolute Gasteiger partial charge is 0.370 e. The van der Waals surface area contributed by atoms with Gasteiger partial charge in [-0.1, -0.05) is 30.4 Å². The second-order valence-corrected chi connectivity index (χ2v) is 5.12. The molecule has 0 radical (unpaired) electrons. The molecule has 0 atom stereocenters. The molecule has 5 heteroatoms. The van der Waals surface area contributed by atoms with E-state index >= 15 is 0 Å². The van der Waals surface area contributed by atoms with Gasteiger partial charge in [0.15, 0.2) is 5.96 Å². The van der Waals surface area contributed by atoms with Crippen LogP contribution in [0.4, 0.5) is 0 Å². The lowest BCUT2D eigenvalue weighted by Gasteiger charge is -2.05. The van der Waals surface area contributed by atoms with Crippen molar-refractivity contribution in [3.05, 3.63) is 54.4 Å². The molecule has 3 N–H and O–H groups in total. The van der Waals surface area contributed by atoms with Crippen molar-refractivity contribution in [2.24, 2.45) is 17.8 Å². The Labute approximate surface area is 125 Å². The zero-order chi connectivity index (χ0) is 15.2. The summed E-state index contributed by atoms with van der Waals surface area (Å²) in [7, 11) is 1.91. The number of nitrogens with zero attached hydrogens (tertiary/aromatic N) is 3. The molecule has 1 heterocycles. The fraction of sp³-hybridized carbons (Fsp3) is 0.250. The van der Waals surface area contributed by atoms with Crippen LogP contribution in [0.15, 0.2) is 53.8 Å². The number of benzene rings is 1. The highest BCUT2D eigenvalue weighted by Crippen LogP contribution is 2.19. The minimum absolute atomic E-state index is 0.435. The van der Waals surface area contributed by atoms with E-state index in [0.29, 0.717) is 19.0 Å². The number of nitrogens with two attached hydrogens (primary N) is 1. The predicted molar refractivity (Wildman–Crippen MR) is 86.8 cm³/mol. The van der Waals surface area contributed by atoms with Gasteiger partial charge in [-0.05, 0) is 24.1 Å². The van der Waals surface area contributed by atoms with E-state index in [9.17, 15) is 0 Å². The van der Waals surface area contributed by atoms with Crippen molar-refractivity contribution in [2.75, 3.05) is 6.54 Å². The van der Waals surface area contributed by atoms with Crippen LogP contribution in [0.25, 0.3) is 11.1 Å². The maximum absolute atomic E-state index is 5.81. The lowest BCUT2D eigenvalue weighted by molar-refractivity contribution is 0.768. The molecule has 0 aliphatic rings. The van der Waals surface area contributed by atoms with Crippen LogP contribution in [0.3, 0.4) is 0 Å². The van der Waals surface area contributed by atoms with Gasteiger partial charge in [-0.25, -0.2) is 4.99 Å². The van der Waals surface area contributed by atoms with Crippen LogP contribution < -0.4 is 11.1 Å². The van der Waals surface area contributed by atoms with Crippen molar-refractivity contribution in [3.63, 3.8) is 0 Å². The summed E-state index contributed by atoms with van der Waals surface area (Å²) < 4.78 is 1.79. The smallest absolute Gasteiger partial charge is 0.189 e. The molecule has 0 saturated heterocycles. The van der Waals surface area contributed by atoms with Gasteiger partial charge in [-0.15, -0.1) is 0 Å². The molecule has 0 aliphatic carbocycles. The van der Waals surface area contributed by atoms with Crippen LogP contribution in [0.2, 0.25) is 0 Å². The van der Waals surface area contributed by atoms with Gasteiger partial charge in [0.1, 0.15) is 0 Å². The Morgan fingerprint density at radius 2 is 2.24 bits per heavy atom. The summed E-state index contributed by atoms with van der Waals surface area (Å²) in [6.45, 7) is 6.94. The highest BCUT2D eigenvalue weighted by Gasteiger charge is 2.01. The molecule has 2 rings (SSSR count). The summed E-state index contributed by atoms with van der Waals surface area (Å²) in [5.41, 5.74) is 10.2. The van der Waals surface area contributed by atoms with E-state index in [1.165, 1.54) is 0 Å². The molecule has 110 valence electrons. The second-order valence-electron chi connectivity index (χ2n) is 5.12. The number of aromatic nitrogens is 2. The van der Waals surface area contributed by atoms with E-state index in [4.69, 9.17) is 5.73 Å². The minimum Gasteiger partial charge on any atom is -0.370 e. The van der Waals surface area contributed by atoms with E-state index in [2.05, 4.69) is 34.1 Å². The quantitative estimate of drug-likeness (QED) is 0.501. The average molecular weight is 283 g/mol. The van der Waals surface area contributed by atoms with Gasteiger partial charge in [0.25, 0.3) is 0 Å². The van der Waals surface area contributed by atoms with E-state index < -0.39 is 0 Å². The number of hydrogen-bond donors (Lipinski definition) is 2. The standard InChI is InChI=1S/C16H21N5/c1-12(2)8-18-16(17)19-9-13-5-4-6-14(7-13)15-10-20-21(3)11-15/h4-7,10-11H,1,8-9H2,2-3H3,(H3,17,18,19). The summed E-state index contributed by atoms with van der Waals surface area (Å²) in [4.78, 5) is 4.33. The molecule has 0 saturated carbocycles. The first kappa shape index (κ1) is 14.8. The molecule has 1 aromatic carbocycles. The van der Waals surface area contributed by atoms with Crippen LogP contribution in [-0.4, -0.2) is 22.3 Å². The van der Waals surface area contributed by atoms with E-state index in [1.54, 1.807) is 4.68 Å². The minimum atomic E-state index is 0.435. The monoisotopic (exact) mass is 283 g/mol. The van der Waals surface area contributed by atoms with Crippen molar-refractivity contribution >= 4 is 5.96 Å². The molecule has 21 heavy (non-hydrogen) atoms. The lowest BCUT2D eigenvalue weighted by Crippen LogP contribution is -2.32. The van der Waals surface area contributed by atoms with Crippen molar-refractivity contribution < 1.29 is 0 Å². The summed E-state index contributed by atoms with van der Waals surface area (Å²) in [5, 5.41) is 7.21. The maximum Gasteiger partial charge on any atom is 0.189 e. The highest BCUT2D eigenvalue weighted by atomic mass is 15.2. The second kappa shape index (κ2) is 6.74. The third-order valence-electron chi connectivity index (χ3n) is 2.97. The molecule has 5 nitrogen and oxygen atoms in total. The Hall–Kier alpha value is -2.56. The molecular weight excluding hydrogens is 262 g/mol. The normalized spacial score (nSPS) is 11.4. The third kappa shape index (κ3) is 4.49. The van der Waals surface area contributed by atoms with Gasteiger partial charge >= 0.3 is 0 Å². The number of hydrogen-bond acceptors (Lipinski definition) is 2. The molecule has 0 bridgehead atoms. The van der Waals surface area contributed by atoms with Crippen LogP contribution >= 0.6 is 0 Å². The molecule has 2 aromatic rings. The van der Waals surface area contributed by atoms with Crippen LogP contribution in [0.5, 0.6) is 0 Å². The topological polar surface area (TPSA) is 68.2 Å². The first-order valence-electron chi connectivity index (χ1n) is 6.81. The van der Waals surface area contributed by atoms with Crippen LogP contribution in [-0.2, 0) is 13.6 Å². The van der Waals surface area contributed by atoms with Crippen molar-refractivity contribution in [3.8, 4) is 11.1 Å². The van der Waals surface area contributed by atoms with Gasteiger partial charge in [-0.2, -0.15) is 5.10 Å². The molecule has 0 aliphatic heterocycles. The first-order valence-corrected chi connectivity index (χ1v) is 6.81. The van der Waals surface area contributed by atoms with Gasteiger partial charge in [0.05, 0.1) is 12.7 Å². The Bertz CT molecular complexity index is 654. The third-order valence-corrected chi connectivity index (χ3v) is 2.97. The fourth-order valence-electron chi connectivity index (χ4n) is 1.89. The Kier molecular flexibility index (Phi) is 4.77. The van der Waals surface area contributed by atoms with Gasteiger partial charge in [0, 0.05) is 25.4 Å². The zero-order valence-electron chi connectivity index (χ0n) is 12.5. The van der Waals surface area contributed by atoms with E-state index in [1.807, 2.05) is 38.5 Å². The first-order chi connectivity index (χ1) is 10.0. The Balaban J connectivity index is 2.04. The summed E-state index contributed by atoms with van der Waals surface area (Å²) in [6.07, 6.45) is 3.84. The van der Waals surface area contributed by atoms with Gasteiger partial charge < -0.3 is 11.1 Å². The van der Waals surface area contributed by atoms with E-state index in [0.717, 1.165) is 22.3 Å². The molecule has 0 unspecified atom stereocenters. The molecule has 0 spiro atoms. The number of aryl methyl sites for hydroxylation is 1. The summed E-state index contributed by atoms with van der Waals surface area (Å²) in [5.74, 6) is 0.435. The predicted octanol–water partition coefficient (Wildman–Crippen LogP) is 2.07. The van der Waals surface area contributed by atoms with Crippen molar-refractivity contribution in [1.82, 2.24) is 15.1 Å². The highest BCUT2D eigenvalue weighted by molar-refractivity contribution is 5.78. The Morgan fingerprint density at radius 1 is 1.43 bits per heavy atom. The van der Waals surface area contributed by atoms with E-state index in [-0.39, 0.29) is 0 Å². The fourth-order valence-corrected chi connectivity index (χ4v) is 1.89. The number of rotatable bonds is 5. The molecule has 1 aromatic heterocycles. The SMILES string of the molecule is C=C(C)CNC(N)=NCc1cccc(-c2cnn(C)c2)c1. The van der Waals surface area contributed by atoms with Gasteiger partial charge in [-0.3, -0.25) is 4.68 Å². The lowest BCUT2D eigenvalue weighted by atomic mass is 10.1. The zero-order valence-corrected chi connectivity index (χ0v) is 12.5. The number of nitrogens with one attached hydrogen (secondary N) is 1. The maximum atomic E-state index is 5.81. The van der Waals surface area contributed by atoms with Gasteiger partial charge in [0.2, 0.25) is 0 Å². The number of aliphatic imine (C=N–C) groups is 1. The summed E-state index contributed by atoms with van der Waals surface area (Å²) >= 11 is 0. The number of guanidine groups is 1. The average Bonchev–Trinajstić information content (AvgIpc) is 2.90. The Morgan fingerprint density at radius 3 is 2.90 bits per heavy atom. The van der Waals surface area contributed by atoms with Crippen molar-refractivity contribution in [1.29, 1.82) is 0 Å². The molecule has 0 amide bonds. The van der Waals surface area contributed by atoms with Crippen LogP contribution in [0, 0.1) is 0 Å². The van der Waals surface area contributed by atoms with Crippen molar-refractivity contribution in [2.45, 2.75) is 13.5 Å².